The van der Waals surface area contributed by atoms with Gasteiger partial charge in [-0.3, -0.25) is 14.4 Å². The van der Waals surface area contributed by atoms with E-state index in [4.69, 9.17) is 47.7 Å². The van der Waals surface area contributed by atoms with Crippen molar-refractivity contribution in [2.75, 3.05) is 6.61 Å². The molecule has 0 amide bonds. The molecule has 1 aromatic rings. The number of nitrogens with zero attached hydrogens (tertiary/aromatic N) is 3. The maximum absolute atomic E-state index is 11.8. The molecule has 168 valence electrons. The lowest BCUT2D eigenvalue weighted by atomic mass is 9.97. The zero-order valence-electron chi connectivity index (χ0n) is 16.7. The van der Waals surface area contributed by atoms with E-state index >= 15 is 0 Å². The molecule has 2 rings (SSSR count). The van der Waals surface area contributed by atoms with E-state index in [9.17, 15) is 14.4 Å². The van der Waals surface area contributed by atoms with Crippen LogP contribution in [-0.4, -0.2) is 54.3 Å². The third-order valence-electron chi connectivity index (χ3n) is 3.99. The first-order valence-electron chi connectivity index (χ1n) is 8.91. The van der Waals surface area contributed by atoms with Crippen molar-refractivity contribution < 1.29 is 33.3 Å². The number of thioether (sulfide) groups is 1. The number of carbonyl (C=O) groups is 3. The molecule has 1 aliphatic heterocycles. The first-order chi connectivity index (χ1) is 14.6. The highest BCUT2D eigenvalue weighted by molar-refractivity contribution is 8.00. The van der Waals surface area contributed by atoms with Crippen molar-refractivity contribution in [1.29, 1.82) is 0 Å². The Bertz CT molecular complexity index is 897. The molecule has 0 radical (unpaired) electrons. The number of benzene rings is 1. The van der Waals surface area contributed by atoms with Crippen molar-refractivity contribution in [3.8, 4) is 0 Å². The van der Waals surface area contributed by atoms with Gasteiger partial charge in [-0.05, 0) is 23.7 Å². The fourth-order valence-electron chi connectivity index (χ4n) is 2.86. The molecule has 10 nitrogen and oxygen atoms in total. The molecule has 0 aromatic heterocycles. The number of carbonyl (C=O) groups excluding carboxylic acids is 3. The maximum Gasteiger partial charge on any atom is 0.303 e. The Labute approximate surface area is 192 Å². The minimum absolute atomic E-state index is 0.294. The van der Waals surface area contributed by atoms with Gasteiger partial charge in [-0.2, -0.15) is 0 Å². The minimum atomic E-state index is -1.18. The monoisotopic (exact) mass is 491 g/mol. The van der Waals surface area contributed by atoms with Crippen LogP contribution < -0.4 is 0 Å². The number of esters is 3. The summed E-state index contributed by atoms with van der Waals surface area (Å²) in [6.07, 6.45) is -3.33. The highest BCUT2D eigenvalue weighted by Gasteiger charge is 2.50. The molecule has 0 spiro atoms. The van der Waals surface area contributed by atoms with Crippen LogP contribution in [0.4, 0.5) is 0 Å². The van der Waals surface area contributed by atoms with E-state index in [0.717, 1.165) is 18.7 Å². The molecule has 0 bridgehead atoms. The zero-order chi connectivity index (χ0) is 23.1. The largest absolute Gasteiger partial charge is 0.463 e. The molecule has 0 aliphatic carbocycles. The lowest BCUT2D eigenvalue weighted by molar-refractivity contribution is -0.201. The van der Waals surface area contributed by atoms with E-state index in [0.29, 0.717) is 14.9 Å². The van der Waals surface area contributed by atoms with Crippen molar-refractivity contribution in [2.24, 2.45) is 5.11 Å². The summed E-state index contributed by atoms with van der Waals surface area (Å²) in [5, 5.41) is 4.46. The van der Waals surface area contributed by atoms with E-state index in [1.54, 1.807) is 18.2 Å². The number of ether oxygens (including phenoxy) is 4. The molecule has 1 heterocycles. The van der Waals surface area contributed by atoms with E-state index < -0.39 is 47.7 Å². The number of hydrogen-bond donors (Lipinski definition) is 0. The lowest BCUT2D eigenvalue weighted by Gasteiger charge is -2.43. The van der Waals surface area contributed by atoms with E-state index in [-0.39, 0.29) is 6.61 Å². The molecule has 0 N–H and O–H groups in total. The summed E-state index contributed by atoms with van der Waals surface area (Å²) in [6, 6.07) is 3.61. The van der Waals surface area contributed by atoms with Gasteiger partial charge >= 0.3 is 17.9 Å². The predicted octanol–water partition coefficient (Wildman–Crippen LogP) is 3.92. The Balaban J connectivity index is 2.47. The van der Waals surface area contributed by atoms with E-state index in [1.807, 2.05) is 0 Å². The summed E-state index contributed by atoms with van der Waals surface area (Å²) in [7, 11) is 0. The molecule has 1 aliphatic rings. The fraction of sp³-hybridized carbons (Fsp3) is 0.500. The van der Waals surface area contributed by atoms with Crippen LogP contribution in [-0.2, 0) is 33.3 Å². The second-order valence-electron chi connectivity index (χ2n) is 6.38. The number of azide groups is 1. The molecular formula is C18H19Cl2N3O7S. The van der Waals surface area contributed by atoms with Crippen molar-refractivity contribution in [3.63, 3.8) is 0 Å². The van der Waals surface area contributed by atoms with Gasteiger partial charge in [0.15, 0.2) is 0 Å². The third kappa shape index (κ3) is 7.19. The van der Waals surface area contributed by atoms with Gasteiger partial charge in [-0.1, -0.05) is 40.1 Å². The summed E-state index contributed by atoms with van der Waals surface area (Å²) >= 11 is 13.4. The zero-order valence-corrected chi connectivity index (χ0v) is 19.0. The van der Waals surface area contributed by atoms with Crippen molar-refractivity contribution in [3.05, 3.63) is 38.7 Å². The SMILES string of the molecule is CC(=O)OC[C@H]1O[C@H](Sc2cc(Cl)ccc2Cl)[C@H](OC(C)=O)[C@@H](N=[N+]=[N-])[C@H]1OC(C)=O. The van der Waals surface area contributed by atoms with Crippen LogP contribution in [0.1, 0.15) is 20.8 Å². The Morgan fingerprint density at radius 2 is 1.77 bits per heavy atom. The molecule has 31 heavy (non-hydrogen) atoms. The lowest BCUT2D eigenvalue weighted by Crippen LogP contribution is -2.59. The van der Waals surface area contributed by atoms with Gasteiger partial charge in [0.1, 0.15) is 36.4 Å². The molecule has 0 saturated carbocycles. The molecule has 5 atom stereocenters. The van der Waals surface area contributed by atoms with Gasteiger partial charge in [0.2, 0.25) is 0 Å². The number of halogens is 2. The van der Waals surface area contributed by atoms with E-state index in [2.05, 4.69) is 10.0 Å². The Morgan fingerprint density at radius 1 is 1.13 bits per heavy atom. The van der Waals surface area contributed by atoms with Crippen LogP contribution in [0.2, 0.25) is 10.0 Å². The van der Waals surface area contributed by atoms with Gasteiger partial charge in [-0.25, -0.2) is 0 Å². The molecule has 1 aromatic carbocycles. The smallest absolute Gasteiger partial charge is 0.303 e. The normalized spacial score (nSPS) is 25.1. The molecule has 1 fully saturated rings. The second-order valence-corrected chi connectivity index (χ2v) is 8.37. The van der Waals surface area contributed by atoms with Crippen LogP contribution in [0.15, 0.2) is 28.2 Å². The molecular weight excluding hydrogens is 473 g/mol. The predicted molar refractivity (Wildman–Crippen MR) is 112 cm³/mol. The van der Waals surface area contributed by atoms with Crippen LogP contribution in [0.3, 0.4) is 0 Å². The molecule has 13 heteroatoms. The summed E-state index contributed by atoms with van der Waals surface area (Å²) in [5.41, 5.74) is 8.13. The van der Waals surface area contributed by atoms with Crippen molar-refractivity contribution in [1.82, 2.24) is 0 Å². The summed E-state index contributed by atoms with van der Waals surface area (Å²) in [4.78, 5) is 38.0. The summed E-state index contributed by atoms with van der Waals surface area (Å²) in [5.74, 6) is -1.95. The standard InChI is InChI=1S/C18H19Cl2N3O7S/c1-8(24)27-7-13-16(28-9(2)25)15(22-23-21)17(29-10(3)26)18(30-13)31-14-6-11(19)4-5-12(14)20/h4-6,13,15-18H,7H2,1-3H3/t13-,15+,16+,17-,18-/m1/s1. The number of rotatable bonds is 7. The molecule has 1 saturated heterocycles. The van der Waals surface area contributed by atoms with E-state index in [1.165, 1.54) is 13.8 Å². The van der Waals surface area contributed by atoms with Crippen LogP contribution in [0, 0.1) is 0 Å². The highest BCUT2D eigenvalue weighted by atomic mass is 35.5. The number of hydrogen-bond acceptors (Lipinski definition) is 9. The average Bonchev–Trinajstić information content (AvgIpc) is 2.67. The average molecular weight is 492 g/mol. The summed E-state index contributed by atoms with van der Waals surface area (Å²) < 4.78 is 21.7. The molecule has 0 unspecified atom stereocenters. The minimum Gasteiger partial charge on any atom is -0.463 e. The topological polar surface area (TPSA) is 137 Å². The highest BCUT2D eigenvalue weighted by Crippen LogP contribution is 2.40. The third-order valence-corrected chi connectivity index (χ3v) is 5.87. The van der Waals surface area contributed by atoms with Gasteiger partial charge < -0.3 is 18.9 Å². The maximum atomic E-state index is 11.8. The Hall–Kier alpha value is -2.17. The van der Waals surface area contributed by atoms with Crippen molar-refractivity contribution >= 4 is 52.9 Å². The first kappa shape index (κ1) is 25.1. The summed E-state index contributed by atoms with van der Waals surface area (Å²) in [6.45, 7) is 3.24. The fourth-order valence-corrected chi connectivity index (χ4v) is 4.52. The van der Waals surface area contributed by atoms with Gasteiger partial charge in [0.05, 0.1) is 5.02 Å². The Kier molecular flexibility index (Phi) is 9.27. The van der Waals surface area contributed by atoms with Gasteiger partial charge in [0, 0.05) is 35.6 Å². The van der Waals surface area contributed by atoms with Crippen molar-refractivity contribution in [2.45, 2.75) is 55.5 Å². The van der Waals surface area contributed by atoms with Crippen LogP contribution in [0.25, 0.3) is 10.4 Å². The van der Waals surface area contributed by atoms with Gasteiger partial charge in [-0.15, -0.1) is 0 Å². The van der Waals surface area contributed by atoms with Crippen LogP contribution >= 0.6 is 35.0 Å². The van der Waals surface area contributed by atoms with Gasteiger partial charge in [0.25, 0.3) is 0 Å². The second kappa shape index (κ2) is 11.4. The first-order valence-corrected chi connectivity index (χ1v) is 10.5. The van der Waals surface area contributed by atoms with Crippen LogP contribution in [0.5, 0.6) is 0 Å². The quantitative estimate of drug-likeness (QED) is 0.184. The Morgan fingerprint density at radius 3 is 2.35 bits per heavy atom.